The Bertz CT molecular complexity index is 1230. The Labute approximate surface area is 205 Å². The summed E-state index contributed by atoms with van der Waals surface area (Å²) in [6.45, 7) is 2.17. The molecular formula is C23H24N4O9. The molecule has 0 radical (unpaired) electrons. The van der Waals surface area contributed by atoms with Crippen LogP contribution in [-0.2, 0) is 19.9 Å². The quantitative estimate of drug-likeness (QED) is 0.388. The molecule has 2 unspecified atom stereocenters. The summed E-state index contributed by atoms with van der Waals surface area (Å²) in [5.41, 5.74) is 4.06. The van der Waals surface area contributed by atoms with Crippen molar-refractivity contribution in [3.63, 3.8) is 0 Å². The fourth-order valence-corrected chi connectivity index (χ4v) is 3.91. The normalized spacial score (nSPS) is 19.5. The van der Waals surface area contributed by atoms with E-state index in [0.717, 1.165) is 25.8 Å². The second kappa shape index (κ2) is 9.92. The van der Waals surface area contributed by atoms with Crippen molar-refractivity contribution in [2.24, 2.45) is 5.73 Å². The van der Waals surface area contributed by atoms with Gasteiger partial charge in [-0.1, -0.05) is 12.1 Å². The number of nitrogens with zero attached hydrogens (tertiary/aromatic N) is 2. The Morgan fingerprint density at radius 3 is 2.17 bits per heavy atom. The van der Waals surface area contributed by atoms with Crippen LogP contribution in [0, 0.1) is 0 Å². The topological polar surface area (TPSA) is 178 Å². The number of imide groups is 1. The minimum absolute atomic E-state index is 0.217. The van der Waals surface area contributed by atoms with Crippen LogP contribution in [0.5, 0.6) is 17.2 Å². The predicted octanol–water partition coefficient (Wildman–Crippen LogP) is 1.39. The Morgan fingerprint density at radius 2 is 1.64 bits per heavy atom. The molecule has 2 aromatic rings. The third-order valence-electron chi connectivity index (χ3n) is 5.41. The third-order valence-corrected chi connectivity index (χ3v) is 5.41. The van der Waals surface area contributed by atoms with Crippen LogP contribution in [-0.4, -0.2) is 60.3 Å². The number of amides is 4. The van der Waals surface area contributed by atoms with Crippen molar-refractivity contribution in [3.05, 3.63) is 48.0 Å². The average Bonchev–Trinajstić information content (AvgIpc) is 2.81. The van der Waals surface area contributed by atoms with Crippen molar-refractivity contribution >= 4 is 35.7 Å². The lowest BCUT2D eigenvalue weighted by Crippen LogP contribution is -2.76. The molecule has 13 heteroatoms. The molecule has 0 aliphatic carbocycles. The molecule has 0 aromatic heterocycles. The third kappa shape index (κ3) is 4.51. The van der Waals surface area contributed by atoms with Gasteiger partial charge in [0.2, 0.25) is 0 Å². The summed E-state index contributed by atoms with van der Waals surface area (Å²) in [5.74, 6) is -2.89. The van der Waals surface area contributed by atoms with Gasteiger partial charge < -0.3 is 25.1 Å². The second-order valence-electron chi connectivity index (χ2n) is 7.72. The molecule has 1 aliphatic rings. The van der Waals surface area contributed by atoms with E-state index in [1.165, 1.54) is 37.4 Å². The van der Waals surface area contributed by atoms with E-state index in [-0.39, 0.29) is 17.0 Å². The van der Waals surface area contributed by atoms with Gasteiger partial charge in [-0.05, 0) is 30.3 Å². The highest BCUT2D eigenvalue weighted by Gasteiger charge is 2.59. The number of likely N-dealkylation sites (N-methyl/N-ethyl adjacent to an activating group) is 1. The van der Waals surface area contributed by atoms with E-state index in [1.807, 2.05) is 0 Å². The summed E-state index contributed by atoms with van der Waals surface area (Å²) in [5, 5.41) is 11.9. The molecule has 0 saturated carbocycles. The van der Waals surface area contributed by atoms with E-state index < -0.39 is 47.4 Å². The van der Waals surface area contributed by atoms with E-state index in [0.29, 0.717) is 10.6 Å². The molecule has 2 aromatic carbocycles. The van der Waals surface area contributed by atoms with Crippen LogP contribution in [0.2, 0.25) is 0 Å². The van der Waals surface area contributed by atoms with Gasteiger partial charge in [0.1, 0.15) is 11.9 Å². The molecule has 0 spiro atoms. The number of esters is 2. The maximum atomic E-state index is 13.7. The molecule has 0 bridgehead atoms. The van der Waals surface area contributed by atoms with Gasteiger partial charge in [0.15, 0.2) is 17.0 Å². The first-order chi connectivity index (χ1) is 16.9. The SMILES string of the molecule is COc1ccc(N2C(=O)N(C)C(=O)C(NC(=O)O)(c3cccc(OC(C)=O)c3OC(C)=O)C2N)cc1. The van der Waals surface area contributed by atoms with Crippen molar-refractivity contribution < 1.29 is 43.3 Å². The van der Waals surface area contributed by atoms with Gasteiger partial charge in [-0.2, -0.15) is 0 Å². The molecule has 3 rings (SSSR count). The van der Waals surface area contributed by atoms with E-state index in [9.17, 15) is 29.1 Å². The number of para-hydroxylation sites is 1. The van der Waals surface area contributed by atoms with Gasteiger partial charge in [0.05, 0.1) is 7.11 Å². The van der Waals surface area contributed by atoms with Crippen molar-refractivity contribution in [1.29, 1.82) is 0 Å². The summed E-state index contributed by atoms with van der Waals surface area (Å²) in [6, 6.07) is 9.14. The molecule has 13 nitrogen and oxygen atoms in total. The van der Waals surface area contributed by atoms with Crippen LogP contribution in [0.4, 0.5) is 15.3 Å². The van der Waals surface area contributed by atoms with Gasteiger partial charge in [0.25, 0.3) is 5.91 Å². The smallest absolute Gasteiger partial charge is 0.405 e. The Morgan fingerprint density at radius 1 is 1.03 bits per heavy atom. The first kappa shape index (κ1) is 26.0. The average molecular weight is 500 g/mol. The number of carboxylic acid groups (broad SMARTS) is 1. The molecule has 1 aliphatic heterocycles. The molecule has 4 N–H and O–H groups in total. The fourth-order valence-electron chi connectivity index (χ4n) is 3.91. The highest BCUT2D eigenvalue weighted by atomic mass is 16.6. The molecule has 1 heterocycles. The number of anilines is 1. The number of carbonyl (C=O) groups excluding carboxylic acids is 4. The zero-order chi connectivity index (χ0) is 26.8. The van der Waals surface area contributed by atoms with Gasteiger partial charge in [0, 0.05) is 32.1 Å². The molecular weight excluding hydrogens is 476 g/mol. The van der Waals surface area contributed by atoms with Gasteiger partial charge in [-0.15, -0.1) is 0 Å². The number of nitrogens with one attached hydrogen (secondary N) is 1. The zero-order valence-electron chi connectivity index (χ0n) is 19.8. The number of hydrogen-bond acceptors (Lipinski definition) is 9. The van der Waals surface area contributed by atoms with Gasteiger partial charge >= 0.3 is 24.1 Å². The summed E-state index contributed by atoms with van der Waals surface area (Å²) >= 11 is 0. The Balaban J connectivity index is 2.34. The lowest BCUT2D eigenvalue weighted by atomic mass is 9.82. The van der Waals surface area contributed by atoms with Crippen LogP contribution in [0.3, 0.4) is 0 Å². The van der Waals surface area contributed by atoms with Crippen LogP contribution in [0.1, 0.15) is 19.4 Å². The summed E-state index contributed by atoms with van der Waals surface area (Å²) < 4.78 is 15.5. The van der Waals surface area contributed by atoms with Crippen molar-refractivity contribution in [2.75, 3.05) is 19.1 Å². The minimum atomic E-state index is -2.39. The van der Waals surface area contributed by atoms with Crippen molar-refractivity contribution in [2.45, 2.75) is 25.6 Å². The van der Waals surface area contributed by atoms with Crippen molar-refractivity contribution in [3.8, 4) is 17.2 Å². The van der Waals surface area contributed by atoms with Crippen LogP contribution >= 0.6 is 0 Å². The lowest BCUT2D eigenvalue weighted by molar-refractivity contribution is -0.138. The minimum Gasteiger partial charge on any atom is -0.497 e. The van der Waals surface area contributed by atoms with Gasteiger partial charge in [-0.25, -0.2) is 9.59 Å². The predicted molar refractivity (Wildman–Crippen MR) is 124 cm³/mol. The maximum Gasteiger partial charge on any atom is 0.405 e. The molecule has 1 saturated heterocycles. The number of ether oxygens (including phenoxy) is 3. The number of urea groups is 1. The molecule has 36 heavy (non-hydrogen) atoms. The van der Waals surface area contributed by atoms with Crippen molar-refractivity contribution in [1.82, 2.24) is 10.2 Å². The summed E-state index contributed by atoms with van der Waals surface area (Å²) in [4.78, 5) is 64.1. The van der Waals surface area contributed by atoms with Crippen LogP contribution in [0.15, 0.2) is 42.5 Å². The van der Waals surface area contributed by atoms with Crippen LogP contribution < -0.4 is 30.2 Å². The number of hydrogen-bond donors (Lipinski definition) is 3. The summed E-state index contributed by atoms with van der Waals surface area (Å²) in [7, 11) is 2.60. The number of nitrogens with two attached hydrogens (primary N) is 1. The summed E-state index contributed by atoms with van der Waals surface area (Å²) in [6.07, 6.45) is -3.34. The first-order valence-corrected chi connectivity index (χ1v) is 10.5. The van der Waals surface area contributed by atoms with Crippen LogP contribution in [0.25, 0.3) is 0 Å². The number of carbonyl (C=O) groups is 5. The largest absolute Gasteiger partial charge is 0.497 e. The molecule has 4 amide bonds. The molecule has 2 atom stereocenters. The first-order valence-electron chi connectivity index (χ1n) is 10.5. The van der Waals surface area contributed by atoms with E-state index in [2.05, 4.69) is 5.32 Å². The van der Waals surface area contributed by atoms with E-state index in [1.54, 1.807) is 12.1 Å². The number of rotatable bonds is 6. The Hall–Kier alpha value is -4.65. The molecule has 190 valence electrons. The fraction of sp³-hybridized carbons (Fsp3) is 0.261. The molecule has 1 fully saturated rings. The number of benzene rings is 2. The monoisotopic (exact) mass is 500 g/mol. The van der Waals surface area contributed by atoms with Gasteiger partial charge in [-0.3, -0.25) is 29.5 Å². The number of methoxy groups -OCH3 is 1. The Kier molecular flexibility index (Phi) is 7.15. The highest BCUT2D eigenvalue weighted by Crippen LogP contribution is 2.44. The highest BCUT2D eigenvalue weighted by molar-refractivity contribution is 6.11. The lowest BCUT2D eigenvalue weighted by Gasteiger charge is -2.49. The standard InChI is InChI=1S/C23H24N4O9/c1-12(28)35-17-7-5-6-16(18(17)36-13(2)29)23(25-21(31)32)19(24)27(22(33)26(3)20(23)30)14-8-10-15(34-4)11-9-14/h5-11,19,25H,24H2,1-4H3,(H,31,32). The maximum absolute atomic E-state index is 13.7. The zero-order valence-corrected chi connectivity index (χ0v) is 19.8. The van der Waals surface area contributed by atoms with E-state index in [4.69, 9.17) is 19.9 Å². The second-order valence-corrected chi connectivity index (χ2v) is 7.72. The van der Waals surface area contributed by atoms with E-state index >= 15 is 0 Å².